The van der Waals surface area contributed by atoms with E-state index < -0.39 is 17.7 Å². The van der Waals surface area contributed by atoms with Crippen LogP contribution in [0.15, 0.2) is 18.2 Å². The number of piperidine rings is 1. The van der Waals surface area contributed by atoms with Gasteiger partial charge >= 0.3 is 12.3 Å². The topological polar surface area (TPSA) is 53.6 Å². The molecule has 0 spiro atoms. The molecule has 0 aromatic heterocycles. The third-order valence-electron chi connectivity index (χ3n) is 6.07. The number of amides is 1. The number of nitrogens with zero attached hydrogens (tertiary/aromatic N) is 1. The highest BCUT2D eigenvalue weighted by Gasteiger charge is 2.41. The highest BCUT2D eigenvalue weighted by atomic mass is 35.5. The van der Waals surface area contributed by atoms with Gasteiger partial charge in [0.1, 0.15) is 5.60 Å². The summed E-state index contributed by atoms with van der Waals surface area (Å²) in [6.07, 6.45) is -0.773. The Kier molecular flexibility index (Phi) is 7.73. The summed E-state index contributed by atoms with van der Waals surface area (Å²) in [5.41, 5.74) is 1.17. The average Bonchev–Trinajstić information content (AvgIpc) is 2.68. The van der Waals surface area contributed by atoms with Gasteiger partial charge in [-0.15, -0.1) is 0 Å². The lowest BCUT2D eigenvalue weighted by atomic mass is 9.91. The van der Waals surface area contributed by atoms with Crippen molar-refractivity contribution in [3.05, 3.63) is 23.2 Å². The maximum atomic E-state index is 12.9. The smallest absolute Gasteiger partial charge is 0.407 e. The number of anilines is 2. The molecule has 2 aliphatic rings. The lowest BCUT2D eigenvalue weighted by Crippen LogP contribution is -2.42. The zero-order chi connectivity index (χ0) is 23.5. The predicted octanol–water partition coefficient (Wildman–Crippen LogP) is 6.37. The van der Waals surface area contributed by atoms with Gasteiger partial charge in [0.25, 0.3) is 0 Å². The van der Waals surface area contributed by atoms with Crippen molar-refractivity contribution in [2.24, 2.45) is 5.92 Å². The molecule has 32 heavy (non-hydrogen) atoms. The van der Waals surface area contributed by atoms with Crippen molar-refractivity contribution in [2.45, 2.75) is 83.2 Å². The number of carbonyl (C=O) groups is 1. The summed E-state index contributed by atoms with van der Waals surface area (Å²) in [6.45, 7) is 6.23. The molecule has 1 aliphatic carbocycles. The van der Waals surface area contributed by atoms with Crippen LogP contribution in [0.3, 0.4) is 0 Å². The van der Waals surface area contributed by atoms with Gasteiger partial charge in [0.15, 0.2) is 0 Å². The summed E-state index contributed by atoms with van der Waals surface area (Å²) < 4.78 is 44.0. The third kappa shape index (κ3) is 7.09. The molecule has 2 fully saturated rings. The van der Waals surface area contributed by atoms with E-state index in [1.165, 1.54) is 0 Å². The first-order chi connectivity index (χ1) is 14.9. The summed E-state index contributed by atoms with van der Waals surface area (Å²) in [5.74, 6) is -1.22. The van der Waals surface area contributed by atoms with Gasteiger partial charge in [0.2, 0.25) is 0 Å². The maximum Gasteiger partial charge on any atom is 0.407 e. The zero-order valence-electron chi connectivity index (χ0n) is 18.9. The van der Waals surface area contributed by atoms with Crippen LogP contribution in [0.1, 0.15) is 59.3 Å². The fourth-order valence-corrected chi connectivity index (χ4v) is 4.69. The van der Waals surface area contributed by atoms with Gasteiger partial charge in [0, 0.05) is 30.9 Å². The number of alkyl halides is 3. The summed E-state index contributed by atoms with van der Waals surface area (Å²) in [4.78, 5) is 13.9. The highest BCUT2D eigenvalue weighted by Crippen LogP contribution is 2.37. The molecule has 1 saturated carbocycles. The molecule has 1 aromatic carbocycles. The van der Waals surface area contributed by atoms with E-state index in [9.17, 15) is 18.0 Å². The number of carbonyl (C=O) groups excluding carboxylic acids is 1. The van der Waals surface area contributed by atoms with Gasteiger partial charge in [0.05, 0.1) is 16.6 Å². The first kappa shape index (κ1) is 24.8. The van der Waals surface area contributed by atoms with Gasteiger partial charge in [-0.3, -0.25) is 0 Å². The second-order valence-corrected chi connectivity index (χ2v) is 10.2. The van der Waals surface area contributed by atoms with Gasteiger partial charge in [-0.05, 0) is 77.5 Å². The maximum absolute atomic E-state index is 12.9. The number of hydrogen-bond donors (Lipinski definition) is 2. The Labute approximate surface area is 193 Å². The molecule has 9 heteroatoms. The molecule has 0 atom stereocenters. The zero-order valence-corrected chi connectivity index (χ0v) is 19.7. The molecule has 5 nitrogen and oxygen atoms in total. The van der Waals surface area contributed by atoms with Crippen LogP contribution in [0.25, 0.3) is 0 Å². The van der Waals surface area contributed by atoms with Gasteiger partial charge in [-0.2, -0.15) is 13.2 Å². The lowest BCUT2D eigenvalue weighted by Gasteiger charge is -2.35. The van der Waals surface area contributed by atoms with Crippen LogP contribution >= 0.6 is 11.6 Å². The molecule has 180 valence electrons. The summed E-state index contributed by atoms with van der Waals surface area (Å²) in [7, 11) is 0. The SMILES string of the molecule is CC(C)(C)OC(=O)NC1CCC(Nc2ccc(N3CCC(C(F)(F)F)CC3)c(Cl)c2)CC1. The summed E-state index contributed by atoms with van der Waals surface area (Å²) >= 11 is 6.47. The molecule has 0 radical (unpaired) electrons. The monoisotopic (exact) mass is 475 g/mol. The molecule has 0 bridgehead atoms. The number of alkyl carbamates (subject to hydrolysis) is 1. The Balaban J connectivity index is 1.47. The molecule has 3 rings (SSSR count). The van der Waals surface area contributed by atoms with E-state index in [4.69, 9.17) is 16.3 Å². The fourth-order valence-electron chi connectivity index (χ4n) is 4.39. The Morgan fingerprint density at radius 2 is 1.62 bits per heavy atom. The second kappa shape index (κ2) is 9.98. The average molecular weight is 476 g/mol. The van der Waals surface area contributed by atoms with Gasteiger partial charge < -0.3 is 20.3 Å². The van der Waals surface area contributed by atoms with Crippen LogP contribution in [-0.4, -0.2) is 43.0 Å². The Morgan fingerprint density at radius 3 is 2.16 bits per heavy atom. The van der Waals surface area contributed by atoms with E-state index in [-0.39, 0.29) is 31.0 Å². The standard InChI is InChI=1S/C23H33ClF3N3O2/c1-22(2,3)32-21(31)29-17-6-4-16(5-7-17)28-18-8-9-20(19(24)14-18)30-12-10-15(11-13-30)23(25,26)27/h8-9,14-17,28H,4-7,10-13H2,1-3H3,(H,29,31). The highest BCUT2D eigenvalue weighted by molar-refractivity contribution is 6.33. The van der Waals surface area contributed by atoms with Crippen molar-refractivity contribution in [3.63, 3.8) is 0 Å². The van der Waals surface area contributed by atoms with E-state index in [0.29, 0.717) is 18.1 Å². The van der Waals surface area contributed by atoms with Crippen molar-refractivity contribution in [1.29, 1.82) is 0 Å². The first-order valence-electron chi connectivity index (χ1n) is 11.3. The molecule has 1 saturated heterocycles. The van der Waals surface area contributed by atoms with Crippen LogP contribution in [0.4, 0.5) is 29.3 Å². The largest absolute Gasteiger partial charge is 0.444 e. The minimum atomic E-state index is -4.12. The molecular formula is C23H33ClF3N3O2. The van der Waals surface area contributed by atoms with E-state index in [1.54, 1.807) is 0 Å². The van der Waals surface area contributed by atoms with E-state index >= 15 is 0 Å². The van der Waals surface area contributed by atoms with Crippen molar-refractivity contribution in [2.75, 3.05) is 23.3 Å². The number of halogens is 4. The molecular weight excluding hydrogens is 443 g/mol. The number of benzene rings is 1. The van der Waals surface area contributed by atoms with E-state index in [0.717, 1.165) is 37.1 Å². The number of rotatable bonds is 4. The van der Waals surface area contributed by atoms with Gasteiger partial charge in [-0.25, -0.2) is 4.79 Å². The molecule has 1 amide bonds. The van der Waals surface area contributed by atoms with Crippen molar-refractivity contribution in [1.82, 2.24) is 5.32 Å². The quantitative estimate of drug-likeness (QED) is 0.531. The fraction of sp³-hybridized carbons (Fsp3) is 0.696. The normalized spacial score (nSPS) is 23.0. The number of nitrogens with one attached hydrogen (secondary N) is 2. The predicted molar refractivity (Wildman–Crippen MR) is 121 cm³/mol. The first-order valence-corrected chi connectivity index (χ1v) is 11.7. The van der Waals surface area contributed by atoms with Crippen LogP contribution in [0.5, 0.6) is 0 Å². The summed E-state index contributed by atoms with van der Waals surface area (Å²) in [6, 6.07) is 6.04. The minimum Gasteiger partial charge on any atom is -0.444 e. The molecule has 1 heterocycles. The molecule has 1 aliphatic heterocycles. The van der Waals surface area contributed by atoms with Crippen LogP contribution in [0, 0.1) is 5.92 Å². The lowest BCUT2D eigenvalue weighted by molar-refractivity contribution is -0.179. The number of ether oxygens (including phenoxy) is 1. The Morgan fingerprint density at radius 1 is 1.03 bits per heavy atom. The van der Waals surface area contributed by atoms with Crippen LogP contribution < -0.4 is 15.5 Å². The van der Waals surface area contributed by atoms with Crippen molar-refractivity contribution < 1.29 is 22.7 Å². The summed E-state index contributed by atoms with van der Waals surface area (Å²) in [5, 5.41) is 6.98. The van der Waals surface area contributed by atoms with Crippen LogP contribution in [-0.2, 0) is 4.74 Å². The minimum absolute atomic E-state index is 0.0976. The van der Waals surface area contributed by atoms with Crippen molar-refractivity contribution in [3.8, 4) is 0 Å². The van der Waals surface area contributed by atoms with E-state index in [1.807, 2.05) is 43.9 Å². The van der Waals surface area contributed by atoms with E-state index in [2.05, 4.69) is 10.6 Å². The Hall–Kier alpha value is -1.83. The second-order valence-electron chi connectivity index (χ2n) is 9.81. The third-order valence-corrected chi connectivity index (χ3v) is 6.37. The van der Waals surface area contributed by atoms with Crippen molar-refractivity contribution >= 4 is 29.1 Å². The Bertz CT molecular complexity index is 782. The number of hydrogen-bond acceptors (Lipinski definition) is 4. The molecule has 2 N–H and O–H groups in total. The molecule has 1 aromatic rings. The van der Waals surface area contributed by atoms with Crippen LogP contribution in [0.2, 0.25) is 5.02 Å². The molecule has 0 unspecified atom stereocenters. The van der Waals surface area contributed by atoms with Gasteiger partial charge in [-0.1, -0.05) is 11.6 Å².